The Morgan fingerprint density at radius 2 is 1.67 bits per heavy atom. The topological polar surface area (TPSA) is 74.3 Å². The van der Waals surface area contributed by atoms with Crippen molar-refractivity contribution in [3.8, 4) is 0 Å². The standard InChI is InChI=1S/C27H27F3N4O2/c28-27(29,30)24-7-2-1-6-23(24)26(36)33-21-5-3-4-20(18-21)25(35)32-15-8-19-11-16-34(17-12-19)22-9-13-31-14-10-22/h1-7,9-10,13-14,18-19H,8,11-12,15-17H2,(H,32,35)(H,33,36). The van der Waals surface area contributed by atoms with Crippen LogP contribution in [0.2, 0.25) is 0 Å². The monoisotopic (exact) mass is 496 g/mol. The summed E-state index contributed by atoms with van der Waals surface area (Å²) in [4.78, 5) is 31.5. The van der Waals surface area contributed by atoms with E-state index >= 15 is 0 Å². The van der Waals surface area contributed by atoms with E-state index in [2.05, 4.69) is 20.5 Å². The van der Waals surface area contributed by atoms with Crippen LogP contribution in [-0.2, 0) is 6.18 Å². The largest absolute Gasteiger partial charge is 0.417 e. The third-order valence-electron chi connectivity index (χ3n) is 6.34. The first-order chi connectivity index (χ1) is 17.3. The Balaban J connectivity index is 1.27. The molecule has 2 amide bonds. The summed E-state index contributed by atoms with van der Waals surface area (Å²) in [5.41, 5.74) is 0.251. The van der Waals surface area contributed by atoms with Gasteiger partial charge < -0.3 is 15.5 Å². The molecule has 2 heterocycles. The molecule has 188 valence electrons. The van der Waals surface area contributed by atoms with E-state index in [1.54, 1.807) is 24.5 Å². The van der Waals surface area contributed by atoms with Gasteiger partial charge in [0.2, 0.25) is 0 Å². The summed E-state index contributed by atoms with van der Waals surface area (Å²) in [7, 11) is 0. The SMILES string of the molecule is O=C(NCCC1CCN(c2ccncc2)CC1)c1cccc(NC(=O)c2ccccc2C(F)(F)F)c1. The van der Waals surface area contributed by atoms with E-state index < -0.39 is 23.2 Å². The summed E-state index contributed by atoms with van der Waals surface area (Å²) >= 11 is 0. The zero-order valence-electron chi connectivity index (χ0n) is 19.6. The zero-order chi connectivity index (χ0) is 25.5. The number of piperidine rings is 1. The third-order valence-corrected chi connectivity index (χ3v) is 6.34. The Morgan fingerprint density at radius 1 is 0.944 bits per heavy atom. The van der Waals surface area contributed by atoms with E-state index in [0.29, 0.717) is 18.0 Å². The van der Waals surface area contributed by atoms with Crippen LogP contribution in [0.15, 0.2) is 73.1 Å². The summed E-state index contributed by atoms with van der Waals surface area (Å²) in [5.74, 6) is -0.669. The van der Waals surface area contributed by atoms with E-state index in [-0.39, 0.29) is 11.6 Å². The number of nitrogens with zero attached hydrogens (tertiary/aromatic N) is 2. The maximum absolute atomic E-state index is 13.2. The molecule has 3 aromatic rings. The number of benzene rings is 2. The van der Waals surface area contributed by atoms with E-state index in [9.17, 15) is 22.8 Å². The highest BCUT2D eigenvalue weighted by molar-refractivity contribution is 6.06. The van der Waals surface area contributed by atoms with Crippen molar-refractivity contribution < 1.29 is 22.8 Å². The molecule has 0 atom stereocenters. The van der Waals surface area contributed by atoms with E-state index in [1.165, 1.54) is 30.0 Å². The van der Waals surface area contributed by atoms with Crippen LogP contribution < -0.4 is 15.5 Å². The molecule has 1 saturated heterocycles. The third kappa shape index (κ3) is 6.41. The number of alkyl halides is 3. The van der Waals surface area contributed by atoms with Gasteiger partial charge in [-0.15, -0.1) is 0 Å². The average molecular weight is 497 g/mol. The van der Waals surface area contributed by atoms with Crippen LogP contribution in [0.25, 0.3) is 0 Å². The highest BCUT2D eigenvalue weighted by Gasteiger charge is 2.34. The molecular weight excluding hydrogens is 469 g/mol. The van der Waals surface area contributed by atoms with Gasteiger partial charge in [-0.1, -0.05) is 18.2 Å². The maximum Gasteiger partial charge on any atom is 0.417 e. The fourth-order valence-corrected chi connectivity index (χ4v) is 4.39. The fraction of sp³-hybridized carbons (Fsp3) is 0.296. The molecule has 0 radical (unpaired) electrons. The molecule has 0 unspecified atom stereocenters. The quantitative estimate of drug-likeness (QED) is 0.460. The first kappa shape index (κ1) is 25.2. The molecule has 1 fully saturated rings. The van der Waals surface area contributed by atoms with Gasteiger partial charge in [0.05, 0.1) is 11.1 Å². The second-order valence-electron chi connectivity index (χ2n) is 8.76. The first-order valence-corrected chi connectivity index (χ1v) is 11.8. The van der Waals surface area contributed by atoms with Crippen molar-refractivity contribution in [3.63, 3.8) is 0 Å². The van der Waals surface area contributed by atoms with Gasteiger partial charge in [0.1, 0.15) is 0 Å². The molecule has 6 nitrogen and oxygen atoms in total. The second-order valence-corrected chi connectivity index (χ2v) is 8.76. The number of anilines is 2. The van der Waals surface area contributed by atoms with Gasteiger partial charge in [-0.3, -0.25) is 14.6 Å². The number of rotatable bonds is 7. The van der Waals surface area contributed by atoms with Gasteiger partial charge in [0, 0.05) is 49.0 Å². The molecule has 2 aromatic carbocycles. The van der Waals surface area contributed by atoms with Gasteiger partial charge in [-0.05, 0) is 67.6 Å². The molecule has 9 heteroatoms. The van der Waals surface area contributed by atoms with Crippen molar-refractivity contribution in [2.75, 3.05) is 29.9 Å². The molecule has 1 aliphatic rings. The van der Waals surface area contributed by atoms with Gasteiger partial charge >= 0.3 is 6.18 Å². The summed E-state index contributed by atoms with van der Waals surface area (Å²) in [5, 5.41) is 5.37. The predicted molar refractivity (Wildman–Crippen MR) is 132 cm³/mol. The number of hydrogen-bond donors (Lipinski definition) is 2. The molecule has 1 aliphatic heterocycles. The van der Waals surface area contributed by atoms with Crippen molar-refractivity contribution in [2.45, 2.75) is 25.4 Å². The van der Waals surface area contributed by atoms with Gasteiger partial charge in [-0.25, -0.2) is 0 Å². The van der Waals surface area contributed by atoms with Crippen molar-refractivity contribution in [1.29, 1.82) is 0 Å². The van der Waals surface area contributed by atoms with Crippen molar-refractivity contribution in [1.82, 2.24) is 10.3 Å². The number of amides is 2. The minimum atomic E-state index is -4.65. The van der Waals surface area contributed by atoms with Crippen LogP contribution in [0.4, 0.5) is 24.5 Å². The molecule has 4 rings (SSSR count). The molecule has 0 spiro atoms. The van der Waals surface area contributed by atoms with E-state index in [4.69, 9.17) is 0 Å². The number of carbonyl (C=O) groups is 2. The maximum atomic E-state index is 13.2. The Hall–Kier alpha value is -3.88. The van der Waals surface area contributed by atoms with Crippen molar-refractivity contribution >= 4 is 23.2 Å². The Labute approximate surface area is 207 Å². The lowest BCUT2D eigenvalue weighted by atomic mass is 9.93. The van der Waals surface area contributed by atoms with Gasteiger partial charge in [0.25, 0.3) is 11.8 Å². The Morgan fingerprint density at radius 3 is 2.39 bits per heavy atom. The Kier molecular flexibility index (Phi) is 7.87. The normalized spacial score (nSPS) is 14.4. The number of halogens is 3. The minimum Gasteiger partial charge on any atom is -0.371 e. The highest BCUT2D eigenvalue weighted by atomic mass is 19.4. The van der Waals surface area contributed by atoms with Crippen LogP contribution in [0.5, 0.6) is 0 Å². The predicted octanol–water partition coefficient (Wildman–Crippen LogP) is 5.39. The van der Waals surface area contributed by atoms with Crippen LogP contribution in [-0.4, -0.2) is 36.4 Å². The molecule has 0 saturated carbocycles. The van der Waals surface area contributed by atoms with Crippen LogP contribution in [0.3, 0.4) is 0 Å². The van der Waals surface area contributed by atoms with Gasteiger partial charge in [-0.2, -0.15) is 13.2 Å². The smallest absolute Gasteiger partial charge is 0.371 e. The summed E-state index contributed by atoms with van der Waals surface area (Å²) in [6.07, 6.45) is 1.88. The van der Waals surface area contributed by atoms with Crippen LogP contribution >= 0.6 is 0 Å². The lowest BCUT2D eigenvalue weighted by Crippen LogP contribution is -2.35. The van der Waals surface area contributed by atoms with Crippen molar-refractivity contribution in [3.05, 3.63) is 89.7 Å². The fourth-order valence-electron chi connectivity index (χ4n) is 4.39. The molecule has 0 bridgehead atoms. The van der Waals surface area contributed by atoms with Crippen molar-refractivity contribution in [2.24, 2.45) is 5.92 Å². The number of aromatic nitrogens is 1. The van der Waals surface area contributed by atoms with Crippen LogP contribution in [0, 0.1) is 5.92 Å². The zero-order valence-corrected chi connectivity index (χ0v) is 19.6. The summed E-state index contributed by atoms with van der Waals surface area (Å²) in [6, 6.07) is 14.8. The van der Waals surface area contributed by atoms with Crippen LogP contribution in [0.1, 0.15) is 45.5 Å². The lowest BCUT2D eigenvalue weighted by Gasteiger charge is -2.33. The van der Waals surface area contributed by atoms with E-state index in [1.807, 2.05) is 12.1 Å². The minimum absolute atomic E-state index is 0.244. The molecule has 0 aliphatic carbocycles. The summed E-state index contributed by atoms with van der Waals surface area (Å²) < 4.78 is 39.7. The molecule has 1 aromatic heterocycles. The summed E-state index contributed by atoms with van der Waals surface area (Å²) in [6.45, 7) is 2.44. The number of hydrogen-bond acceptors (Lipinski definition) is 4. The number of pyridine rings is 1. The average Bonchev–Trinajstić information content (AvgIpc) is 2.89. The number of carbonyl (C=O) groups excluding carboxylic acids is 2. The second kappa shape index (κ2) is 11.2. The lowest BCUT2D eigenvalue weighted by molar-refractivity contribution is -0.137. The molecule has 36 heavy (non-hydrogen) atoms. The molecule has 2 N–H and O–H groups in total. The first-order valence-electron chi connectivity index (χ1n) is 11.8. The molecular formula is C27H27F3N4O2. The van der Waals surface area contributed by atoms with E-state index in [0.717, 1.165) is 44.5 Å². The Bertz CT molecular complexity index is 1190. The highest BCUT2D eigenvalue weighted by Crippen LogP contribution is 2.32. The number of nitrogens with one attached hydrogen (secondary N) is 2. The van der Waals surface area contributed by atoms with Gasteiger partial charge in [0.15, 0.2) is 0 Å².